The van der Waals surface area contributed by atoms with Crippen LogP contribution in [0.5, 0.6) is 5.75 Å². The molecule has 0 unspecified atom stereocenters. The first kappa shape index (κ1) is 17.4. The summed E-state index contributed by atoms with van der Waals surface area (Å²) in [6, 6.07) is 12.6. The molecule has 5 nitrogen and oxygen atoms in total. The van der Waals surface area contributed by atoms with Crippen molar-refractivity contribution in [2.75, 3.05) is 7.11 Å². The SMILES string of the molecule is COc1cc2c3cnccc3n(-c3ccccc3F)c2cc1-c1c(C)noc1C. The fourth-order valence-electron chi connectivity index (χ4n) is 4.01. The molecule has 3 aromatic heterocycles. The van der Waals surface area contributed by atoms with E-state index < -0.39 is 0 Å². The summed E-state index contributed by atoms with van der Waals surface area (Å²) in [5.74, 6) is 1.11. The molecule has 6 heteroatoms. The van der Waals surface area contributed by atoms with Crippen molar-refractivity contribution in [2.24, 2.45) is 0 Å². The maximum atomic E-state index is 14.8. The van der Waals surface area contributed by atoms with Crippen LogP contribution in [0.4, 0.5) is 4.39 Å². The highest BCUT2D eigenvalue weighted by molar-refractivity contribution is 6.10. The number of aromatic nitrogens is 3. The number of fused-ring (bicyclic) bond motifs is 3. The molecule has 29 heavy (non-hydrogen) atoms. The lowest BCUT2D eigenvalue weighted by Gasteiger charge is -2.12. The highest BCUT2D eigenvalue weighted by Gasteiger charge is 2.21. The van der Waals surface area contributed by atoms with E-state index in [1.165, 1.54) is 6.07 Å². The number of rotatable bonds is 3. The maximum Gasteiger partial charge on any atom is 0.147 e. The van der Waals surface area contributed by atoms with E-state index in [9.17, 15) is 4.39 Å². The number of halogens is 1. The number of aryl methyl sites for hydroxylation is 2. The van der Waals surface area contributed by atoms with Gasteiger partial charge in [0, 0.05) is 28.7 Å². The number of methoxy groups -OCH3 is 1. The molecule has 0 aliphatic rings. The third kappa shape index (κ3) is 2.52. The van der Waals surface area contributed by atoms with Gasteiger partial charge in [0.2, 0.25) is 0 Å². The Morgan fingerprint density at radius 1 is 1.03 bits per heavy atom. The summed E-state index contributed by atoms with van der Waals surface area (Å²) in [6.07, 6.45) is 3.51. The summed E-state index contributed by atoms with van der Waals surface area (Å²) in [6.45, 7) is 3.76. The summed E-state index contributed by atoms with van der Waals surface area (Å²) in [7, 11) is 1.64. The fourth-order valence-corrected chi connectivity index (χ4v) is 4.01. The Balaban J connectivity index is 1.96. The van der Waals surface area contributed by atoms with Crippen molar-refractivity contribution in [1.82, 2.24) is 14.7 Å². The molecule has 0 amide bonds. The molecule has 3 heterocycles. The third-order valence-corrected chi connectivity index (χ3v) is 5.28. The van der Waals surface area contributed by atoms with Crippen molar-refractivity contribution >= 4 is 21.8 Å². The zero-order chi connectivity index (χ0) is 20.1. The first-order valence-electron chi connectivity index (χ1n) is 9.24. The topological polar surface area (TPSA) is 53.1 Å². The van der Waals surface area contributed by atoms with Gasteiger partial charge in [-0.3, -0.25) is 4.98 Å². The summed E-state index contributed by atoms with van der Waals surface area (Å²) < 4.78 is 27.8. The van der Waals surface area contributed by atoms with E-state index in [-0.39, 0.29) is 5.82 Å². The average molecular weight is 387 g/mol. The van der Waals surface area contributed by atoms with Crippen LogP contribution in [-0.2, 0) is 0 Å². The van der Waals surface area contributed by atoms with Gasteiger partial charge < -0.3 is 13.8 Å². The average Bonchev–Trinajstić information content (AvgIpc) is 3.23. The lowest BCUT2D eigenvalue weighted by Crippen LogP contribution is -1.98. The van der Waals surface area contributed by atoms with Crippen LogP contribution in [0.1, 0.15) is 11.5 Å². The van der Waals surface area contributed by atoms with E-state index in [2.05, 4.69) is 10.1 Å². The van der Waals surface area contributed by atoms with E-state index in [1.54, 1.807) is 31.6 Å². The van der Waals surface area contributed by atoms with Crippen molar-refractivity contribution in [3.05, 3.63) is 72.1 Å². The van der Waals surface area contributed by atoms with Crippen molar-refractivity contribution in [3.63, 3.8) is 0 Å². The van der Waals surface area contributed by atoms with E-state index in [0.717, 1.165) is 38.6 Å². The summed E-state index contributed by atoms with van der Waals surface area (Å²) >= 11 is 0. The van der Waals surface area contributed by atoms with E-state index in [0.29, 0.717) is 17.2 Å². The van der Waals surface area contributed by atoms with Crippen molar-refractivity contribution in [2.45, 2.75) is 13.8 Å². The Morgan fingerprint density at radius 3 is 2.59 bits per heavy atom. The van der Waals surface area contributed by atoms with Gasteiger partial charge >= 0.3 is 0 Å². The Labute approximate surface area is 166 Å². The van der Waals surface area contributed by atoms with Crippen LogP contribution in [0.25, 0.3) is 38.6 Å². The Hall–Kier alpha value is -3.67. The minimum atomic E-state index is -0.294. The first-order chi connectivity index (χ1) is 14.1. The number of benzene rings is 2. The molecular weight excluding hydrogens is 369 g/mol. The zero-order valence-electron chi connectivity index (χ0n) is 16.2. The lowest BCUT2D eigenvalue weighted by molar-refractivity contribution is 0.393. The predicted octanol–water partition coefficient (Wildman–Crippen LogP) is 5.60. The highest BCUT2D eigenvalue weighted by atomic mass is 19.1. The van der Waals surface area contributed by atoms with Crippen molar-refractivity contribution in [1.29, 1.82) is 0 Å². The number of hydrogen-bond acceptors (Lipinski definition) is 4. The molecule has 0 aliphatic heterocycles. The molecule has 0 bridgehead atoms. The molecule has 144 valence electrons. The van der Waals surface area contributed by atoms with E-state index in [1.807, 2.05) is 42.7 Å². The smallest absolute Gasteiger partial charge is 0.147 e. The highest BCUT2D eigenvalue weighted by Crippen LogP contribution is 2.41. The van der Waals surface area contributed by atoms with Crippen LogP contribution in [0.3, 0.4) is 0 Å². The first-order valence-corrected chi connectivity index (χ1v) is 9.24. The van der Waals surface area contributed by atoms with E-state index in [4.69, 9.17) is 9.26 Å². The van der Waals surface area contributed by atoms with Crippen LogP contribution < -0.4 is 4.74 Å². The van der Waals surface area contributed by atoms with Crippen LogP contribution >= 0.6 is 0 Å². The normalized spacial score (nSPS) is 11.4. The van der Waals surface area contributed by atoms with E-state index >= 15 is 0 Å². The molecular formula is C23H18FN3O2. The lowest BCUT2D eigenvalue weighted by atomic mass is 10.0. The third-order valence-electron chi connectivity index (χ3n) is 5.28. The van der Waals surface area contributed by atoms with Crippen LogP contribution in [0.15, 0.2) is 59.4 Å². The molecule has 5 rings (SSSR count). The number of hydrogen-bond donors (Lipinski definition) is 0. The molecule has 0 saturated heterocycles. The zero-order valence-corrected chi connectivity index (χ0v) is 16.2. The molecule has 0 atom stereocenters. The fraction of sp³-hybridized carbons (Fsp3) is 0.130. The Bertz CT molecular complexity index is 1360. The largest absolute Gasteiger partial charge is 0.496 e. The van der Waals surface area contributed by atoms with Crippen molar-refractivity contribution < 1.29 is 13.7 Å². The van der Waals surface area contributed by atoms with Crippen LogP contribution in [0.2, 0.25) is 0 Å². The van der Waals surface area contributed by atoms with Gasteiger partial charge in [-0.1, -0.05) is 17.3 Å². The Kier molecular flexibility index (Phi) is 3.87. The van der Waals surface area contributed by atoms with Gasteiger partial charge in [-0.2, -0.15) is 0 Å². The van der Waals surface area contributed by atoms with Gasteiger partial charge in [-0.05, 0) is 44.2 Å². The summed E-state index contributed by atoms with van der Waals surface area (Å²) in [5.41, 5.74) is 4.72. The monoisotopic (exact) mass is 387 g/mol. The molecule has 0 aliphatic carbocycles. The van der Waals surface area contributed by atoms with Gasteiger partial charge in [-0.15, -0.1) is 0 Å². The molecule has 0 N–H and O–H groups in total. The standard InChI is InChI=1S/C23H18FN3O2/c1-13-23(14(2)29-26-13)16-10-21-15(11-22(16)28-3)17-12-25-9-8-19(17)27(21)20-7-5-4-6-18(20)24/h4-12H,1-3H3. The summed E-state index contributed by atoms with van der Waals surface area (Å²) in [4.78, 5) is 4.28. The van der Waals surface area contributed by atoms with Gasteiger partial charge in [0.05, 0.1) is 35.1 Å². The second-order valence-corrected chi connectivity index (χ2v) is 6.95. The molecule has 5 aromatic rings. The van der Waals surface area contributed by atoms with Gasteiger partial charge in [0.15, 0.2) is 0 Å². The van der Waals surface area contributed by atoms with Gasteiger partial charge in [0.1, 0.15) is 17.3 Å². The molecule has 2 aromatic carbocycles. The Morgan fingerprint density at radius 2 is 1.86 bits per heavy atom. The summed E-state index contributed by atoms with van der Waals surface area (Å²) in [5, 5.41) is 5.94. The van der Waals surface area contributed by atoms with Gasteiger partial charge in [0.25, 0.3) is 0 Å². The quantitative estimate of drug-likeness (QED) is 0.404. The maximum absolute atomic E-state index is 14.8. The minimum Gasteiger partial charge on any atom is -0.496 e. The van der Waals surface area contributed by atoms with Crippen LogP contribution in [0, 0.1) is 19.7 Å². The van der Waals surface area contributed by atoms with Crippen molar-refractivity contribution in [3.8, 4) is 22.6 Å². The molecule has 0 saturated carbocycles. The number of nitrogens with zero attached hydrogens (tertiary/aromatic N) is 3. The second-order valence-electron chi connectivity index (χ2n) is 6.95. The van der Waals surface area contributed by atoms with Crippen LogP contribution in [-0.4, -0.2) is 21.8 Å². The minimum absolute atomic E-state index is 0.294. The van der Waals surface area contributed by atoms with Gasteiger partial charge in [-0.25, -0.2) is 4.39 Å². The molecule has 0 fully saturated rings. The molecule has 0 spiro atoms. The second kappa shape index (κ2) is 6.44. The predicted molar refractivity (Wildman–Crippen MR) is 110 cm³/mol. The number of para-hydroxylation sites is 1. The number of ether oxygens (including phenoxy) is 1. The number of pyridine rings is 1. The molecule has 0 radical (unpaired) electrons.